The van der Waals surface area contributed by atoms with Crippen molar-refractivity contribution in [3.63, 3.8) is 0 Å². The molecule has 4 rings (SSSR count). The van der Waals surface area contributed by atoms with E-state index < -0.39 is 0 Å². The second kappa shape index (κ2) is 5.15. The Morgan fingerprint density at radius 3 is 2.42 bits per heavy atom. The lowest BCUT2D eigenvalue weighted by Gasteiger charge is -2.46. The molecule has 2 nitrogen and oxygen atoms in total. The summed E-state index contributed by atoms with van der Waals surface area (Å²) in [6, 6.07) is 4.17. The van der Waals surface area contributed by atoms with Crippen molar-refractivity contribution in [2.75, 3.05) is 6.61 Å². The molecule has 2 heteroatoms. The fraction of sp³-hybridized carbons (Fsp3) is 0.706. The Morgan fingerprint density at radius 2 is 1.89 bits per heavy atom. The molecule has 0 unspecified atom stereocenters. The Morgan fingerprint density at radius 1 is 1.21 bits per heavy atom. The third-order valence-electron chi connectivity index (χ3n) is 5.14. The molecule has 0 aliphatic heterocycles. The minimum Gasteiger partial charge on any atom is -0.491 e. The molecule has 3 saturated carbocycles. The Hall–Kier alpha value is -1.05. The van der Waals surface area contributed by atoms with Gasteiger partial charge in [0.1, 0.15) is 5.75 Å². The molecule has 0 saturated heterocycles. The predicted molar refractivity (Wildman–Crippen MR) is 77.4 cm³/mol. The van der Waals surface area contributed by atoms with Crippen LogP contribution in [0.4, 0.5) is 0 Å². The number of nitrogens with zero attached hydrogens (tertiary/aromatic N) is 1. The van der Waals surface area contributed by atoms with Crippen molar-refractivity contribution < 1.29 is 4.74 Å². The van der Waals surface area contributed by atoms with E-state index in [9.17, 15) is 0 Å². The van der Waals surface area contributed by atoms with E-state index in [0.717, 1.165) is 24.0 Å². The van der Waals surface area contributed by atoms with E-state index in [-0.39, 0.29) is 0 Å². The summed E-state index contributed by atoms with van der Waals surface area (Å²) in [6.45, 7) is 5.23. The first kappa shape index (κ1) is 13.0. The lowest BCUT2D eigenvalue weighted by Crippen LogP contribution is -2.38. The van der Waals surface area contributed by atoms with E-state index in [2.05, 4.69) is 31.0 Å². The van der Waals surface area contributed by atoms with Crippen LogP contribution in [0.2, 0.25) is 0 Å². The van der Waals surface area contributed by atoms with Crippen molar-refractivity contribution in [1.29, 1.82) is 0 Å². The summed E-state index contributed by atoms with van der Waals surface area (Å²) in [5.41, 5.74) is 1.62. The van der Waals surface area contributed by atoms with Gasteiger partial charge in [-0.3, -0.25) is 4.98 Å². The lowest BCUT2D eigenvalue weighted by atomic mass is 9.61. The normalized spacial score (nSPS) is 29.7. The maximum absolute atomic E-state index is 6.04. The van der Waals surface area contributed by atoms with E-state index in [1.54, 1.807) is 0 Å². The molecule has 0 radical (unpaired) electrons. The zero-order valence-electron chi connectivity index (χ0n) is 12.2. The third kappa shape index (κ3) is 2.77. The predicted octanol–water partition coefficient (Wildman–Crippen LogP) is 4.55. The smallest absolute Gasteiger partial charge is 0.137 e. The van der Waals surface area contributed by atoms with Gasteiger partial charge in [-0.15, -0.1) is 0 Å². The summed E-state index contributed by atoms with van der Waals surface area (Å²) in [4.78, 5) is 4.48. The SMILES string of the molecule is CC(C)c1ccc(OCC23CCC(CC2)CC3)cn1. The maximum atomic E-state index is 6.04. The fourth-order valence-corrected chi connectivity index (χ4v) is 3.61. The number of ether oxygens (including phenoxy) is 1. The van der Waals surface area contributed by atoms with Gasteiger partial charge < -0.3 is 4.74 Å². The van der Waals surface area contributed by atoms with Gasteiger partial charge in [0.15, 0.2) is 0 Å². The molecule has 0 N–H and O–H groups in total. The summed E-state index contributed by atoms with van der Waals surface area (Å²) in [5.74, 6) is 2.45. The average Bonchev–Trinajstić information content (AvgIpc) is 2.48. The van der Waals surface area contributed by atoms with Crippen LogP contribution in [-0.4, -0.2) is 11.6 Å². The van der Waals surface area contributed by atoms with Crippen molar-refractivity contribution >= 4 is 0 Å². The first-order valence-corrected chi connectivity index (χ1v) is 7.76. The number of aromatic nitrogens is 1. The molecule has 3 aliphatic rings. The highest BCUT2D eigenvalue weighted by Gasteiger charge is 2.40. The highest BCUT2D eigenvalue weighted by atomic mass is 16.5. The largest absolute Gasteiger partial charge is 0.491 e. The van der Waals surface area contributed by atoms with Crippen molar-refractivity contribution in [3.8, 4) is 5.75 Å². The number of hydrogen-bond donors (Lipinski definition) is 0. The van der Waals surface area contributed by atoms with E-state index in [1.165, 1.54) is 38.5 Å². The molecule has 1 aromatic rings. The Balaban J connectivity index is 1.59. The van der Waals surface area contributed by atoms with Gasteiger partial charge in [0.25, 0.3) is 0 Å². The molecule has 3 fully saturated rings. The van der Waals surface area contributed by atoms with Gasteiger partial charge in [-0.2, -0.15) is 0 Å². The van der Waals surface area contributed by atoms with Gasteiger partial charge in [0.05, 0.1) is 12.8 Å². The van der Waals surface area contributed by atoms with Crippen LogP contribution in [0, 0.1) is 11.3 Å². The van der Waals surface area contributed by atoms with Crippen LogP contribution in [0.15, 0.2) is 18.3 Å². The van der Waals surface area contributed by atoms with Gasteiger partial charge in [-0.1, -0.05) is 13.8 Å². The first-order valence-electron chi connectivity index (χ1n) is 7.76. The third-order valence-corrected chi connectivity index (χ3v) is 5.14. The quantitative estimate of drug-likeness (QED) is 0.791. The topological polar surface area (TPSA) is 22.1 Å². The average molecular weight is 259 g/mol. The van der Waals surface area contributed by atoms with Crippen molar-refractivity contribution in [3.05, 3.63) is 24.0 Å². The second-order valence-corrected chi connectivity index (χ2v) is 6.84. The molecule has 0 aromatic carbocycles. The molecule has 0 spiro atoms. The van der Waals surface area contributed by atoms with Crippen LogP contribution in [-0.2, 0) is 0 Å². The van der Waals surface area contributed by atoms with Crippen LogP contribution in [0.5, 0.6) is 5.75 Å². The second-order valence-electron chi connectivity index (χ2n) is 6.84. The fourth-order valence-electron chi connectivity index (χ4n) is 3.61. The molecule has 1 aromatic heterocycles. The van der Waals surface area contributed by atoms with Crippen LogP contribution >= 0.6 is 0 Å². The highest BCUT2D eigenvalue weighted by Crippen LogP contribution is 2.50. The van der Waals surface area contributed by atoms with Gasteiger partial charge in [0.2, 0.25) is 0 Å². The standard InChI is InChI=1S/C17H25NO/c1-13(2)16-4-3-15(11-18-16)19-12-17-8-5-14(6-9-17)7-10-17/h3-4,11,13-14H,5-10,12H2,1-2H3. The van der Waals surface area contributed by atoms with Crippen molar-refractivity contribution in [2.24, 2.45) is 11.3 Å². The van der Waals surface area contributed by atoms with E-state index in [0.29, 0.717) is 11.3 Å². The van der Waals surface area contributed by atoms with E-state index in [1.807, 2.05) is 6.20 Å². The van der Waals surface area contributed by atoms with Gasteiger partial charge in [0, 0.05) is 11.1 Å². The van der Waals surface area contributed by atoms with Crippen molar-refractivity contribution in [2.45, 2.75) is 58.3 Å². The first-order chi connectivity index (χ1) is 9.17. The molecule has 1 heterocycles. The monoisotopic (exact) mass is 259 g/mol. The number of fused-ring (bicyclic) bond motifs is 3. The highest BCUT2D eigenvalue weighted by molar-refractivity contribution is 5.21. The van der Waals surface area contributed by atoms with Crippen LogP contribution in [0.3, 0.4) is 0 Å². The Bertz CT molecular complexity index is 402. The van der Waals surface area contributed by atoms with Crippen LogP contribution in [0.1, 0.15) is 64.0 Å². The molecule has 19 heavy (non-hydrogen) atoms. The summed E-state index contributed by atoms with van der Waals surface area (Å²) in [5, 5.41) is 0. The number of hydrogen-bond acceptors (Lipinski definition) is 2. The summed E-state index contributed by atoms with van der Waals surface area (Å²) >= 11 is 0. The molecular weight excluding hydrogens is 234 g/mol. The number of pyridine rings is 1. The Kier molecular flexibility index (Phi) is 3.51. The molecule has 0 amide bonds. The number of rotatable bonds is 4. The Labute approximate surface area is 116 Å². The molecule has 3 aliphatic carbocycles. The zero-order chi connectivity index (χ0) is 13.3. The van der Waals surface area contributed by atoms with Gasteiger partial charge >= 0.3 is 0 Å². The van der Waals surface area contributed by atoms with Crippen LogP contribution in [0.25, 0.3) is 0 Å². The molecule has 0 atom stereocenters. The summed E-state index contributed by atoms with van der Waals surface area (Å²) in [6.07, 6.45) is 10.3. The van der Waals surface area contributed by atoms with Crippen LogP contribution < -0.4 is 4.74 Å². The maximum Gasteiger partial charge on any atom is 0.137 e. The van der Waals surface area contributed by atoms with Gasteiger partial charge in [-0.05, 0) is 62.5 Å². The van der Waals surface area contributed by atoms with E-state index in [4.69, 9.17) is 4.74 Å². The summed E-state index contributed by atoms with van der Waals surface area (Å²) < 4.78 is 6.04. The minimum atomic E-state index is 0.478. The van der Waals surface area contributed by atoms with Gasteiger partial charge in [-0.25, -0.2) is 0 Å². The molecule has 2 bridgehead atoms. The molecular formula is C17H25NO. The minimum absolute atomic E-state index is 0.478. The lowest BCUT2D eigenvalue weighted by molar-refractivity contribution is 0.0190. The van der Waals surface area contributed by atoms with E-state index >= 15 is 0 Å². The van der Waals surface area contributed by atoms with Crippen molar-refractivity contribution in [1.82, 2.24) is 4.98 Å². The molecule has 104 valence electrons. The summed E-state index contributed by atoms with van der Waals surface area (Å²) in [7, 11) is 0. The zero-order valence-corrected chi connectivity index (χ0v) is 12.2.